The van der Waals surface area contributed by atoms with Crippen LogP contribution in [0.1, 0.15) is 39.0 Å². The lowest BCUT2D eigenvalue weighted by molar-refractivity contribution is -0.132. The number of carbonyl (C=O) groups is 1. The number of likely N-dealkylation sites (tertiary alicyclic amines) is 1. The van der Waals surface area contributed by atoms with E-state index in [1.54, 1.807) is 0 Å². The summed E-state index contributed by atoms with van der Waals surface area (Å²) in [5, 5.41) is 3.02. The van der Waals surface area contributed by atoms with E-state index in [0.29, 0.717) is 19.1 Å². The Morgan fingerprint density at radius 3 is 2.74 bits per heavy atom. The molecule has 0 radical (unpaired) electrons. The minimum atomic E-state index is -0.290. The van der Waals surface area contributed by atoms with Gasteiger partial charge in [-0.1, -0.05) is 6.42 Å². The summed E-state index contributed by atoms with van der Waals surface area (Å²) in [5.41, 5.74) is 5.55. The van der Waals surface area contributed by atoms with Crippen molar-refractivity contribution in [2.45, 2.75) is 57.3 Å². The van der Waals surface area contributed by atoms with E-state index in [4.69, 9.17) is 10.5 Å². The number of nitrogens with zero attached hydrogens (tertiary/aromatic N) is 1. The normalized spacial score (nSPS) is 30.2. The first-order chi connectivity index (χ1) is 9.20. The van der Waals surface area contributed by atoms with Crippen molar-refractivity contribution in [1.29, 1.82) is 0 Å². The molecule has 0 aromatic carbocycles. The summed E-state index contributed by atoms with van der Waals surface area (Å²) in [7, 11) is 0. The number of amides is 1. The lowest BCUT2D eigenvalue weighted by Gasteiger charge is -2.32. The van der Waals surface area contributed by atoms with E-state index in [-0.39, 0.29) is 18.1 Å². The molecule has 2 rings (SSSR count). The standard InChI is InChI=1S/C14H27N3O2/c1-11(17-7-3-2-4-8-17)10-16-14(18)13-6-5-12(9-15)19-13/h11-13H,2-10,15H2,1H3,(H,16,18). The fourth-order valence-electron chi connectivity index (χ4n) is 2.92. The van der Waals surface area contributed by atoms with Gasteiger partial charge in [-0.3, -0.25) is 9.69 Å². The van der Waals surface area contributed by atoms with Crippen LogP contribution in [0.4, 0.5) is 0 Å². The van der Waals surface area contributed by atoms with Gasteiger partial charge in [0.25, 0.3) is 0 Å². The van der Waals surface area contributed by atoms with Gasteiger partial charge in [-0.25, -0.2) is 0 Å². The zero-order chi connectivity index (χ0) is 13.7. The maximum absolute atomic E-state index is 12.0. The van der Waals surface area contributed by atoms with Crippen LogP contribution in [0.2, 0.25) is 0 Å². The van der Waals surface area contributed by atoms with Crippen LogP contribution in [-0.4, -0.2) is 55.2 Å². The smallest absolute Gasteiger partial charge is 0.249 e. The summed E-state index contributed by atoms with van der Waals surface area (Å²) in [4.78, 5) is 14.5. The third-order valence-electron chi connectivity index (χ3n) is 4.25. The van der Waals surface area contributed by atoms with Gasteiger partial charge >= 0.3 is 0 Å². The van der Waals surface area contributed by atoms with Crippen LogP contribution in [0.25, 0.3) is 0 Å². The fraction of sp³-hybridized carbons (Fsp3) is 0.929. The number of ether oxygens (including phenoxy) is 1. The lowest BCUT2D eigenvalue weighted by atomic mass is 10.1. The molecule has 0 saturated carbocycles. The molecule has 2 aliphatic rings. The van der Waals surface area contributed by atoms with Gasteiger partial charge in [-0.15, -0.1) is 0 Å². The van der Waals surface area contributed by atoms with Crippen LogP contribution in [0.5, 0.6) is 0 Å². The lowest BCUT2D eigenvalue weighted by Crippen LogP contribution is -2.46. The second-order valence-corrected chi connectivity index (χ2v) is 5.75. The monoisotopic (exact) mass is 269 g/mol. The summed E-state index contributed by atoms with van der Waals surface area (Å²) < 4.78 is 5.60. The van der Waals surface area contributed by atoms with Crippen molar-refractivity contribution in [3.63, 3.8) is 0 Å². The highest BCUT2D eigenvalue weighted by Crippen LogP contribution is 2.19. The number of hydrogen-bond donors (Lipinski definition) is 2. The molecule has 1 amide bonds. The molecular weight excluding hydrogens is 242 g/mol. The number of piperidine rings is 1. The van der Waals surface area contributed by atoms with E-state index in [1.165, 1.54) is 19.3 Å². The van der Waals surface area contributed by atoms with E-state index in [2.05, 4.69) is 17.1 Å². The average Bonchev–Trinajstić information content (AvgIpc) is 2.94. The molecular formula is C14H27N3O2. The Balaban J connectivity index is 1.68. The van der Waals surface area contributed by atoms with Gasteiger partial charge in [-0.05, 0) is 45.7 Å². The van der Waals surface area contributed by atoms with E-state index >= 15 is 0 Å². The maximum atomic E-state index is 12.0. The van der Waals surface area contributed by atoms with Gasteiger partial charge in [0.05, 0.1) is 6.10 Å². The van der Waals surface area contributed by atoms with Crippen LogP contribution in [-0.2, 0) is 9.53 Å². The largest absolute Gasteiger partial charge is 0.364 e. The number of rotatable bonds is 5. The van der Waals surface area contributed by atoms with Gasteiger partial charge in [0.1, 0.15) is 6.10 Å². The molecule has 3 N–H and O–H groups in total. The molecule has 5 heteroatoms. The van der Waals surface area contributed by atoms with E-state index in [9.17, 15) is 4.79 Å². The minimum Gasteiger partial charge on any atom is -0.364 e. The second-order valence-electron chi connectivity index (χ2n) is 5.75. The van der Waals surface area contributed by atoms with E-state index in [1.807, 2.05) is 0 Å². The molecule has 0 bridgehead atoms. The van der Waals surface area contributed by atoms with Crippen LogP contribution < -0.4 is 11.1 Å². The fourth-order valence-corrected chi connectivity index (χ4v) is 2.92. The number of hydrogen-bond acceptors (Lipinski definition) is 4. The molecule has 0 aromatic heterocycles. The van der Waals surface area contributed by atoms with E-state index < -0.39 is 0 Å². The number of carbonyl (C=O) groups excluding carboxylic acids is 1. The third kappa shape index (κ3) is 4.16. The Hall–Kier alpha value is -0.650. The molecule has 5 nitrogen and oxygen atoms in total. The highest BCUT2D eigenvalue weighted by molar-refractivity contribution is 5.81. The van der Waals surface area contributed by atoms with Gasteiger partial charge < -0.3 is 15.8 Å². The zero-order valence-electron chi connectivity index (χ0n) is 11.9. The molecule has 0 aromatic rings. The molecule has 0 aliphatic carbocycles. The van der Waals surface area contributed by atoms with Crippen molar-refractivity contribution >= 4 is 5.91 Å². The molecule has 2 heterocycles. The Morgan fingerprint density at radius 2 is 2.11 bits per heavy atom. The summed E-state index contributed by atoms with van der Waals surface area (Å²) in [6.07, 6.45) is 5.37. The second kappa shape index (κ2) is 7.22. The van der Waals surface area contributed by atoms with Gasteiger partial charge in [0.15, 0.2) is 0 Å². The molecule has 0 spiro atoms. The molecule has 2 saturated heterocycles. The topological polar surface area (TPSA) is 67.6 Å². The van der Waals surface area contributed by atoms with Crippen molar-refractivity contribution in [3.05, 3.63) is 0 Å². The molecule has 3 atom stereocenters. The first-order valence-corrected chi connectivity index (χ1v) is 7.58. The quantitative estimate of drug-likeness (QED) is 0.762. The Morgan fingerprint density at radius 1 is 1.37 bits per heavy atom. The average molecular weight is 269 g/mol. The van der Waals surface area contributed by atoms with Crippen molar-refractivity contribution < 1.29 is 9.53 Å². The number of nitrogens with one attached hydrogen (secondary N) is 1. The summed E-state index contributed by atoms with van der Waals surface area (Å²) in [6, 6.07) is 0.413. The van der Waals surface area contributed by atoms with Crippen LogP contribution in [0.15, 0.2) is 0 Å². The highest BCUT2D eigenvalue weighted by Gasteiger charge is 2.30. The minimum absolute atomic E-state index is 0.0276. The summed E-state index contributed by atoms with van der Waals surface area (Å²) in [6.45, 7) is 5.72. The van der Waals surface area contributed by atoms with Crippen LogP contribution >= 0.6 is 0 Å². The summed E-state index contributed by atoms with van der Waals surface area (Å²) in [5.74, 6) is 0.0276. The summed E-state index contributed by atoms with van der Waals surface area (Å²) >= 11 is 0. The van der Waals surface area contributed by atoms with Crippen molar-refractivity contribution in [1.82, 2.24) is 10.2 Å². The maximum Gasteiger partial charge on any atom is 0.249 e. The highest BCUT2D eigenvalue weighted by atomic mass is 16.5. The number of nitrogens with two attached hydrogens (primary N) is 1. The van der Waals surface area contributed by atoms with Crippen molar-refractivity contribution in [2.24, 2.45) is 5.73 Å². The molecule has 19 heavy (non-hydrogen) atoms. The van der Waals surface area contributed by atoms with Crippen molar-refractivity contribution in [3.8, 4) is 0 Å². The SMILES string of the molecule is CC(CNC(=O)C1CCC(CN)O1)N1CCCCC1. The van der Waals surface area contributed by atoms with Gasteiger partial charge in [0, 0.05) is 19.1 Å². The first-order valence-electron chi connectivity index (χ1n) is 7.58. The first kappa shape index (κ1) is 14.8. The van der Waals surface area contributed by atoms with Crippen LogP contribution in [0, 0.1) is 0 Å². The Labute approximate surface area is 115 Å². The Kier molecular flexibility index (Phi) is 5.60. The molecule has 2 aliphatic heterocycles. The van der Waals surface area contributed by atoms with Crippen LogP contribution in [0.3, 0.4) is 0 Å². The van der Waals surface area contributed by atoms with Crippen molar-refractivity contribution in [2.75, 3.05) is 26.2 Å². The zero-order valence-corrected chi connectivity index (χ0v) is 11.9. The molecule has 3 unspecified atom stereocenters. The third-order valence-corrected chi connectivity index (χ3v) is 4.25. The molecule has 110 valence electrons. The van der Waals surface area contributed by atoms with Gasteiger partial charge in [0.2, 0.25) is 5.91 Å². The predicted octanol–water partition coefficient (Wildman–Crippen LogP) is 0.483. The Bertz CT molecular complexity index is 292. The van der Waals surface area contributed by atoms with Gasteiger partial charge in [-0.2, -0.15) is 0 Å². The van der Waals surface area contributed by atoms with E-state index in [0.717, 1.165) is 25.9 Å². The molecule has 2 fully saturated rings. The predicted molar refractivity (Wildman–Crippen MR) is 74.8 cm³/mol.